The van der Waals surface area contributed by atoms with Crippen LogP contribution in [0.15, 0.2) is 72.8 Å². The fourth-order valence-electron chi connectivity index (χ4n) is 5.77. The molecule has 0 bridgehead atoms. The number of aliphatic hydroxyl groups is 1. The second kappa shape index (κ2) is 18.8. The summed E-state index contributed by atoms with van der Waals surface area (Å²) in [7, 11) is 0. The third-order valence-corrected chi connectivity index (χ3v) is 8.34. The van der Waals surface area contributed by atoms with Gasteiger partial charge in [0.2, 0.25) is 6.41 Å². The largest absolute Gasteiger partial charge is 0.506 e. The lowest BCUT2D eigenvalue weighted by atomic mass is 10.0. The molecule has 1 heterocycles. The summed E-state index contributed by atoms with van der Waals surface area (Å²) in [5.74, 6) is -0.0265. The normalized spacial score (nSPS) is 14.5. The average Bonchev–Trinajstić information content (AvgIpc) is 3.06. The van der Waals surface area contributed by atoms with Crippen LogP contribution in [0, 0.1) is 0 Å². The summed E-state index contributed by atoms with van der Waals surface area (Å²) >= 11 is 0. The van der Waals surface area contributed by atoms with Crippen LogP contribution in [-0.4, -0.2) is 66.4 Å². The standard InChI is InChI=1S/C36H48N4O5/c41-27-38-33-25-29(17-18-34(33)42)35(43)26-37-21-11-4-2-1-3-5-12-22-40-23-19-30(20-24-40)45-36(44)39-32-16-10-9-15-31(32)28-13-7-6-8-14-28/h6-10,13-18,25,27,30,35,37,42-43H,1-5,11-12,19-24,26H2,(H,38,41)(H,39,44)/t35-/m0/s1. The van der Waals surface area contributed by atoms with Crippen molar-refractivity contribution < 1.29 is 24.5 Å². The molecule has 0 aliphatic carbocycles. The molecule has 1 aliphatic rings. The average molecular weight is 617 g/mol. The number of nitrogens with one attached hydrogen (secondary N) is 3. The van der Waals surface area contributed by atoms with E-state index in [4.69, 9.17) is 4.74 Å². The molecule has 0 saturated carbocycles. The van der Waals surface area contributed by atoms with Crippen molar-refractivity contribution in [1.82, 2.24) is 10.2 Å². The zero-order chi connectivity index (χ0) is 31.7. The fourth-order valence-corrected chi connectivity index (χ4v) is 5.77. The van der Waals surface area contributed by atoms with E-state index in [0.717, 1.165) is 68.7 Å². The number of rotatable bonds is 18. The number of anilines is 2. The molecular formula is C36H48N4O5. The van der Waals surface area contributed by atoms with Crippen molar-refractivity contribution in [3.8, 4) is 16.9 Å². The van der Waals surface area contributed by atoms with Gasteiger partial charge < -0.3 is 30.5 Å². The maximum atomic E-state index is 12.7. The van der Waals surface area contributed by atoms with Gasteiger partial charge in [0.05, 0.1) is 17.5 Å². The number of piperidine rings is 1. The molecule has 0 spiro atoms. The lowest BCUT2D eigenvalue weighted by Gasteiger charge is -2.31. The van der Waals surface area contributed by atoms with Crippen LogP contribution in [0.1, 0.15) is 69.5 Å². The molecule has 0 aromatic heterocycles. The zero-order valence-corrected chi connectivity index (χ0v) is 26.1. The van der Waals surface area contributed by atoms with Crippen molar-refractivity contribution in [3.63, 3.8) is 0 Å². The number of carbonyl (C=O) groups is 2. The molecule has 1 atom stereocenters. The summed E-state index contributed by atoms with van der Waals surface area (Å²) in [6.45, 7) is 4.29. The first-order valence-electron chi connectivity index (χ1n) is 16.3. The smallest absolute Gasteiger partial charge is 0.411 e. The summed E-state index contributed by atoms with van der Waals surface area (Å²) in [6, 6.07) is 22.5. The van der Waals surface area contributed by atoms with Crippen LogP contribution in [0.4, 0.5) is 16.2 Å². The number of carbonyl (C=O) groups excluding carboxylic acids is 2. The van der Waals surface area contributed by atoms with Crippen molar-refractivity contribution in [2.24, 2.45) is 0 Å². The van der Waals surface area contributed by atoms with Crippen LogP contribution in [0.25, 0.3) is 11.1 Å². The minimum Gasteiger partial charge on any atom is -0.506 e. The molecule has 1 saturated heterocycles. The zero-order valence-electron chi connectivity index (χ0n) is 26.1. The number of phenols is 1. The molecule has 9 heteroatoms. The summed E-state index contributed by atoms with van der Waals surface area (Å²) in [5, 5.41) is 28.8. The monoisotopic (exact) mass is 616 g/mol. The number of phenolic OH excluding ortho intramolecular Hbond substituents is 1. The molecule has 1 fully saturated rings. The maximum absolute atomic E-state index is 12.7. The van der Waals surface area contributed by atoms with Crippen LogP contribution in [0.2, 0.25) is 0 Å². The van der Waals surface area contributed by atoms with Gasteiger partial charge in [-0.15, -0.1) is 0 Å². The highest BCUT2D eigenvalue weighted by Crippen LogP contribution is 2.28. The number of para-hydroxylation sites is 1. The topological polar surface area (TPSA) is 123 Å². The quantitative estimate of drug-likeness (QED) is 0.0613. The van der Waals surface area contributed by atoms with Gasteiger partial charge in [-0.2, -0.15) is 0 Å². The van der Waals surface area contributed by atoms with Gasteiger partial charge in [-0.3, -0.25) is 10.1 Å². The molecule has 3 aromatic carbocycles. The number of benzene rings is 3. The van der Waals surface area contributed by atoms with Crippen molar-refractivity contribution in [3.05, 3.63) is 78.4 Å². The van der Waals surface area contributed by atoms with E-state index >= 15 is 0 Å². The Balaban J connectivity index is 0.987. The number of aliphatic hydroxyl groups excluding tert-OH is 1. The van der Waals surface area contributed by atoms with E-state index < -0.39 is 6.10 Å². The molecule has 45 heavy (non-hydrogen) atoms. The number of aromatic hydroxyl groups is 1. The second-order valence-corrected chi connectivity index (χ2v) is 11.7. The predicted molar refractivity (Wildman–Crippen MR) is 179 cm³/mol. The third kappa shape index (κ3) is 11.5. The number of hydrogen-bond donors (Lipinski definition) is 5. The van der Waals surface area contributed by atoms with Gasteiger partial charge in [0.1, 0.15) is 11.9 Å². The lowest BCUT2D eigenvalue weighted by molar-refractivity contribution is -0.105. The van der Waals surface area contributed by atoms with Crippen LogP contribution in [0.5, 0.6) is 5.75 Å². The van der Waals surface area contributed by atoms with Crippen LogP contribution >= 0.6 is 0 Å². The van der Waals surface area contributed by atoms with Crippen LogP contribution < -0.4 is 16.0 Å². The first-order valence-corrected chi connectivity index (χ1v) is 16.3. The molecule has 5 N–H and O–H groups in total. The van der Waals surface area contributed by atoms with Gasteiger partial charge in [-0.05, 0) is 68.1 Å². The highest BCUT2D eigenvalue weighted by atomic mass is 16.6. The molecule has 0 radical (unpaired) electrons. The van der Waals surface area contributed by atoms with Gasteiger partial charge >= 0.3 is 6.09 Å². The minimum atomic E-state index is -0.705. The van der Waals surface area contributed by atoms with Crippen molar-refractivity contribution in [1.29, 1.82) is 0 Å². The van der Waals surface area contributed by atoms with Gasteiger partial charge in [0, 0.05) is 25.2 Å². The third-order valence-electron chi connectivity index (χ3n) is 8.34. The number of likely N-dealkylation sites (tertiary alicyclic amines) is 1. The summed E-state index contributed by atoms with van der Waals surface area (Å²) < 4.78 is 5.77. The molecule has 0 unspecified atom stereocenters. The van der Waals surface area contributed by atoms with E-state index in [1.807, 2.05) is 54.6 Å². The Labute approximate surface area is 267 Å². The molecule has 2 amide bonds. The Bertz CT molecular complexity index is 1310. The Morgan fingerprint density at radius 1 is 0.889 bits per heavy atom. The van der Waals surface area contributed by atoms with Crippen LogP contribution in [0.3, 0.4) is 0 Å². The maximum Gasteiger partial charge on any atom is 0.411 e. The Morgan fingerprint density at radius 3 is 2.33 bits per heavy atom. The Hall–Kier alpha value is -3.92. The fraction of sp³-hybridized carbons (Fsp3) is 0.444. The Kier molecular flexibility index (Phi) is 14.2. The first-order chi connectivity index (χ1) is 22.0. The second-order valence-electron chi connectivity index (χ2n) is 11.7. The van der Waals surface area contributed by atoms with E-state index in [1.165, 1.54) is 38.2 Å². The molecule has 9 nitrogen and oxygen atoms in total. The van der Waals surface area contributed by atoms with Gasteiger partial charge in [-0.1, -0.05) is 86.7 Å². The van der Waals surface area contributed by atoms with Crippen LogP contribution in [-0.2, 0) is 9.53 Å². The molecule has 242 valence electrons. The summed E-state index contributed by atoms with van der Waals surface area (Å²) in [4.78, 5) is 25.8. The van der Waals surface area contributed by atoms with E-state index in [0.29, 0.717) is 24.2 Å². The molecular weight excluding hydrogens is 568 g/mol. The number of unbranched alkanes of at least 4 members (excludes halogenated alkanes) is 6. The van der Waals surface area contributed by atoms with Crippen molar-refractivity contribution in [2.75, 3.05) is 43.4 Å². The Morgan fingerprint density at radius 2 is 1.58 bits per heavy atom. The van der Waals surface area contributed by atoms with Crippen molar-refractivity contribution in [2.45, 2.75) is 70.0 Å². The first kappa shape index (κ1) is 34.0. The van der Waals surface area contributed by atoms with Gasteiger partial charge in [0.25, 0.3) is 0 Å². The number of hydrogen-bond acceptors (Lipinski definition) is 7. The molecule has 3 aromatic rings. The van der Waals surface area contributed by atoms with E-state index in [1.54, 1.807) is 12.1 Å². The minimum absolute atomic E-state index is 0.0265. The molecule has 4 rings (SSSR count). The number of nitrogens with zero attached hydrogens (tertiary/aromatic N) is 1. The summed E-state index contributed by atoms with van der Waals surface area (Å²) in [5.41, 5.74) is 3.73. The van der Waals surface area contributed by atoms with E-state index in [2.05, 4.69) is 20.9 Å². The lowest BCUT2D eigenvalue weighted by Crippen LogP contribution is -2.38. The van der Waals surface area contributed by atoms with Crippen molar-refractivity contribution >= 4 is 23.9 Å². The van der Waals surface area contributed by atoms with E-state index in [9.17, 15) is 19.8 Å². The van der Waals surface area contributed by atoms with Gasteiger partial charge in [0.15, 0.2) is 0 Å². The highest BCUT2D eigenvalue weighted by Gasteiger charge is 2.22. The highest BCUT2D eigenvalue weighted by molar-refractivity contribution is 5.91. The van der Waals surface area contributed by atoms with E-state index in [-0.39, 0.29) is 17.9 Å². The predicted octanol–water partition coefficient (Wildman–Crippen LogP) is 6.69. The number of ether oxygens (including phenoxy) is 1. The SMILES string of the molecule is O=CNc1cc([C@@H](O)CNCCCCCCCCCN2CCC(OC(=O)Nc3ccccc3-c3ccccc3)CC2)ccc1O. The molecule has 1 aliphatic heterocycles. The number of amides is 2. The summed E-state index contributed by atoms with van der Waals surface area (Å²) in [6.07, 6.45) is 9.45. The van der Waals surface area contributed by atoms with Gasteiger partial charge in [-0.25, -0.2) is 4.79 Å².